The smallest absolute Gasteiger partial charge is 0.0450 e. The highest BCUT2D eigenvalue weighted by Gasteiger charge is 2.09. The van der Waals surface area contributed by atoms with Crippen molar-refractivity contribution in [3.63, 3.8) is 0 Å². The molecule has 2 rings (SSSR count). The van der Waals surface area contributed by atoms with E-state index >= 15 is 0 Å². The molecule has 100 valence electrons. The number of anilines is 2. The van der Waals surface area contributed by atoms with Gasteiger partial charge in [-0.3, -0.25) is 0 Å². The first-order valence-corrected chi connectivity index (χ1v) is 7.82. The van der Waals surface area contributed by atoms with Crippen LogP contribution in [0.1, 0.15) is 18.1 Å². The summed E-state index contributed by atoms with van der Waals surface area (Å²) >= 11 is 9.57. The molecule has 0 unspecified atom stereocenters. The molecule has 0 saturated carbocycles. The van der Waals surface area contributed by atoms with Crippen LogP contribution in [-0.4, -0.2) is 7.05 Å². The van der Waals surface area contributed by atoms with E-state index in [-0.39, 0.29) is 0 Å². The predicted molar refractivity (Wildman–Crippen MR) is 88.0 cm³/mol. The highest BCUT2D eigenvalue weighted by molar-refractivity contribution is 9.08. The monoisotopic (exact) mass is 337 g/mol. The first-order valence-electron chi connectivity index (χ1n) is 6.32. The quantitative estimate of drug-likeness (QED) is 0.659. The maximum absolute atomic E-state index is 6.05. The Balaban J connectivity index is 2.34. The van der Waals surface area contributed by atoms with Crippen molar-refractivity contribution in [1.82, 2.24) is 0 Å². The lowest BCUT2D eigenvalue weighted by atomic mass is 10.1. The van der Waals surface area contributed by atoms with Crippen LogP contribution in [0.15, 0.2) is 42.5 Å². The van der Waals surface area contributed by atoms with Gasteiger partial charge in [-0.1, -0.05) is 46.6 Å². The molecule has 2 aromatic rings. The molecule has 0 N–H and O–H groups in total. The molecule has 0 aliphatic heterocycles. The van der Waals surface area contributed by atoms with Crippen LogP contribution in [0.3, 0.4) is 0 Å². The van der Waals surface area contributed by atoms with E-state index in [9.17, 15) is 0 Å². The predicted octanol–water partition coefficient (Wildman–Crippen LogP) is 5.57. The Morgan fingerprint density at radius 3 is 2.37 bits per heavy atom. The van der Waals surface area contributed by atoms with Gasteiger partial charge in [0.15, 0.2) is 0 Å². The topological polar surface area (TPSA) is 3.24 Å². The molecule has 0 fully saturated rings. The van der Waals surface area contributed by atoms with Crippen LogP contribution in [0.25, 0.3) is 0 Å². The summed E-state index contributed by atoms with van der Waals surface area (Å²) in [5.41, 5.74) is 4.90. The van der Waals surface area contributed by atoms with Crippen molar-refractivity contribution >= 4 is 38.9 Å². The maximum Gasteiger partial charge on any atom is 0.0450 e. The molecule has 2 aromatic carbocycles. The second-order valence-electron chi connectivity index (χ2n) is 4.49. The standard InChI is InChI=1S/C16H17BrClN/c1-3-12-4-7-15(8-5-12)19(2)16-9-6-14(18)10-13(16)11-17/h4-10H,3,11H2,1-2H3. The van der Waals surface area contributed by atoms with E-state index in [0.717, 1.165) is 16.8 Å². The fourth-order valence-corrected chi connectivity index (χ4v) is 2.73. The number of aryl methyl sites for hydroxylation is 1. The maximum atomic E-state index is 6.05. The minimum atomic E-state index is 0.771. The first-order chi connectivity index (χ1) is 9.15. The summed E-state index contributed by atoms with van der Waals surface area (Å²) in [6, 6.07) is 14.7. The van der Waals surface area contributed by atoms with Crippen LogP contribution in [0.4, 0.5) is 11.4 Å². The molecule has 0 aliphatic carbocycles. The Bertz CT molecular complexity index is 551. The summed E-state index contributed by atoms with van der Waals surface area (Å²) in [5.74, 6) is 0. The van der Waals surface area contributed by atoms with Gasteiger partial charge in [0.25, 0.3) is 0 Å². The third-order valence-corrected chi connectivity index (χ3v) is 4.12. The van der Waals surface area contributed by atoms with E-state index in [1.54, 1.807) is 0 Å². The van der Waals surface area contributed by atoms with E-state index in [0.29, 0.717) is 0 Å². The summed E-state index contributed by atoms with van der Waals surface area (Å²) in [6.45, 7) is 2.17. The zero-order chi connectivity index (χ0) is 13.8. The van der Waals surface area contributed by atoms with E-state index in [1.807, 2.05) is 12.1 Å². The van der Waals surface area contributed by atoms with Crippen LogP contribution in [-0.2, 0) is 11.8 Å². The third kappa shape index (κ3) is 3.31. The lowest BCUT2D eigenvalue weighted by Crippen LogP contribution is -2.11. The van der Waals surface area contributed by atoms with Gasteiger partial charge in [0.1, 0.15) is 0 Å². The second-order valence-corrected chi connectivity index (χ2v) is 5.48. The van der Waals surface area contributed by atoms with Gasteiger partial charge in [-0.15, -0.1) is 0 Å². The Kier molecular flexibility index (Phi) is 4.89. The number of alkyl halides is 1. The Morgan fingerprint density at radius 2 is 1.79 bits per heavy atom. The van der Waals surface area contributed by atoms with Crippen molar-refractivity contribution in [2.75, 3.05) is 11.9 Å². The molecular weight excluding hydrogens is 322 g/mol. The fraction of sp³-hybridized carbons (Fsp3) is 0.250. The first kappa shape index (κ1) is 14.4. The summed E-state index contributed by atoms with van der Waals surface area (Å²) in [6.07, 6.45) is 1.07. The average molecular weight is 339 g/mol. The Hall–Kier alpha value is -0.990. The van der Waals surface area contributed by atoms with Gasteiger partial charge in [-0.2, -0.15) is 0 Å². The molecule has 0 heterocycles. The second kappa shape index (κ2) is 6.44. The van der Waals surface area contributed by atoms with Gasteiger partial charge in [0.05, 0.1) is 0 Å². The number of rotatable bonds is 4. The van der Waals surface area contributed by atoms with Crippen molar-refractivity contribution in [2.45, 2.75) is 18.7 Å². The van der Waals surface area contributed by atoms with Crippen LogP contribution >= 0.6 is 27.5 Å². The van der Waals surface area contributed by atoms with E-state index in [4.69, 9.17) is 11.6 Å². The molecule has 0 radical (unpaired) electrons. The molecule has 0 aliphatic rings. The van der Waals surface area contributed by atoms with E-state index in [2.05, 4.69) is 65.1 Å². The molecule has 1 nitrogen and oxygen atoms in total. The fourth-order valence-electron chi connectivity index (χ4n) is 2.08. The summed E-state index contributed by atoms with van der Waals surface area (Å²) in [4.78, 5) is 2.19. The third-order valence-electron chi connectivity index (χ3n) is 3.28. The average Bonchev–Trinajstić information content (AvgIpc) is 2.46. The van der Waals surface area contributed by atoms with Crippen molar-refractivity contribution in [3.8, 4) is 0 Å². The largest absolute Gasteiger partial charge is 0.344 e. The van der Waals surface area contributed by atoms with Gasteiger partial charge >= 0.3 is 0 Å². The van der Waals surface area contributed by atoms with E-state index < -0.39 is 0 Å². The molecular formula is C16H17BrClN. The van der Waals surface area contributed by atoms with Crippen LogP contribution < -0.4 is 4.90 Å². The normalized spacial score (nSPS) is 10.5. The van der Waals surface area contributed by atoms with Gasteiger partial charge < -0.3 is 4.90 Å². The number of nitrogens with zero attached hydrogens (tertiary/aromatic N) is 1. The van der Waals surface area contributed by atoms with Gasteiger partial charge in [-0.25, -0.2) is 0 Å². The molecule has 0 saturated heterocycles. The van der Waals surface area contributed by atoms with E-state index in [1.165, 1.54) is 22.5 Å². The molecule has 0 bridgehead atoms. The van der Waals surface area contributed by atoms with Gasteiger partial charge in [0.2, 0.25) is 0 Å². The highest BCUT2D eigenvalue weighted by atomic mass is 79.9. The lowest BCUT2D eigenvalue weighted by molar-refractivity contribution is 1.13. The van der Waals surface area contributed by atoms with Gasteiger partial charge in [-0.05, 0) is 47.9 Å². The van der Waals surface area contributed by atoms with Crippen molar-refractivity contribution < 1.29 is 0 Å². The molecule has 19 heavy (non-hydrogen) atoms. The molecule has 0 atom stereocenters. The zero-order valence-electron chi connectivity index (χ0n) is 11.2. The van der Waals surface area contributed by atoms with Crippen LogP contribution in [0.2, 0.25) is 5.02 Å². The number of benzene rings is 2. The lowest BCUT2D eigenvalue weighted by Gasteiger charge is -2.22. The minimum Gasteiger partial charge on any atom is -0.344 e. The van der Waals surface area contributed by atoms with Crippen molar-refractivity contribution in [3.05, 3.63) is 58.6 Å². The number of hydrogen-bond donors (Lipinski definition) is 0. The van der Waals surface area contributed by atoms with Gasteiger partial charge in [0, 0.05) is 28.8 Å². The molecule has 0 amide bonds. The molecule has 0 spiro atoms. The van der Waals surface area contributed by atoms with Crippen molar-refractivity contribution in [2.24, 2.45) is 0 Å². The van der Waals surface area contributed by atoms with Crippen LogP contribution in [0, 0.1) is 0 Å². The Morgan fingerprint density at radius 1 is 1.11 bits per heavy atom. The molecule has 3 heteroatoms. The Labute approximate surface area is 128 Å². The van der Waals surface area contributed by atoms with Crippen molar-refractivity contribution in [1.29, 1.82) is 0 Å². The minimum absolute atomic E-state index is 0.771. The van der Waals surface area contributed by atoms with Crippen LogP contribution in [0.5, 0.6) is 0 Å². The summed E-state index contributed by atoms with van der Waals surface area (Å²) in [5, 5.41) is 1.56. The summed E-state index contributed by atoms with van der Waals surface area (Å²) < 4.78 is 0. The molecule has 0 aromatic heterocycles. The SMILES string of the molecule is CCc1ccc(N(C)c2ccc(Cl)cc2CBr)cc1. The number of hydrogen-bond acceptors (Lipinski definition) is 1. The zero-order valence-corrected chi connectivity index (χ0v) is 13.5. The highest BCUT2D eigenvalue weighted by Crippen LogP contribution is 2.30. The summed E-state index contributed by atoms with van der Waals surface area (Å²) in [7, 11) is 2.08. The number of halogens is 2.